The largest absolute Gasteiger partial charge is 0.339 e. The van der Waals surface area contributed by atoms with Crippen LogP contribution in [0.3, 0.4) is 0 Å². The Balaban J connectivity index is 1.75. The van der Waals surface area contributed by atoms with E-state index in [1.165, 1.54) is 18.6 Å². The molecule has 1 saturated heterocycles. The number of nitriles is 1. The Hall–Kier alpha value is -2.71. The van der Waals surface area contributed by atoms with Crippen LogP contribution >= 0.6 is 0 Å². The van der Waals surface area contributed by atoms with Crippen LogP contribution in [-0.2, 0) is 17.9 Å². The van der Waals surface area contributed by atoms with Crippen LogP contribution in [0.1, 0.15) is 49.3 Å². The van der Waals surface area contributed by atoms with E-state index >= 15 is 0 Å². The van der Waals surface area contributed by atoms with Crippen LogP contribution in [0, 0.1) is 17.1 Å². The number of nitrogens with zero attached hydrogens (tertiary/aromatic N) is 3. The molecular weight excluding hydrogens is 365 g/mol. The Morgan fingerprint density at radius 1 is 1.17 bits per heavy atom. The van der Waals surface area contributed by atoms with Gasteiger partial charge in [-0.3, -0.25) is 9.69 Å². The molecule has 1 aliphatic rings. The van der Waals surface area contributed by atoms with E-state index in [1.807, 2.05) is 23.1 Å². The van der Waals surface area contributed by atoms with Crippen molar-refractivity contribution in [3.05, 3.63) is 71.0 Å². The molecule has 0 aromatic heterocycles. The van der Waals surface area contributed by atoms with Crippen LogP contribution in [0.4, 0.5) is 4.39 Å². The number of piperidine rings is 1. The molecule has 1 amide bonds. The lowest BCUT2D eigenvalue weighted by Crippen LogP contribution is -2.47. The van der Waals surface area contributed by atoms with Crippen LogP contribution in [0.15, 0.2) is 48.5 Å². The summed E-state index contributed by atoms with van der Waals surface area (Å²) in [5, 5.41) is 9.00. The molecular formula is C24H28FN3O. The van der Waals surface area contributed by atoms with Gasteiger partial charge in [0.15, 0.2) is 0 Å². The number of hydrogen-bond acceptors (Lipinski definition) is 3. The molecule has 1 heterocycles. The van der Waals surface area contributed by atoms with Gasteiger partial charge in [0.25, 0.3) is 0 Å². The summed E-state index contributed by atoms with van der Waals surface area (Å²) in [4.78, 5) is 17.2. The zero-order chi connectivity index (χ0) is 20.6. The zero-order valence-electron chi connectivity index (χ0n) is 17.0. The van der Waals surface area contributed by atoms with E-state index < -0.39 is 0 Å². The van der Waals surface area contributed by atoms with E-state index in [9.17, 15) is 9.18 Å². The maximum Gasteiger partial charge on any atom is 0.237 e. The number of rotatable bonds is 7. The first-order valence-corrected chi connectivity index (χ1v) is 10.3. The summed E-state index contributed by atoms with van der Waals surface area (Å²) in [5.41, 5.74) is 2.48. The van der Waals surface area contributed by atoms with Crippen molar-refractivity contribution in [1.82, 2.24) is 9.80 Å². The van der Waals surface area contributed by atoms with Gasteiger partial charge in [0, 0.05) is 25.7 Å². The maximum atomic E-state index is 13.7. The molecule has 1 unspecified atom stereocenters. The predicted octanol–water partition coefficient (Wildman–Crippen LogP) is 4.49. The minimum Gasteiger partial charge on any atom is -0.339 e. The highest BCUT2D eigenvalue weighted by atomic mass is 19.1. The molecule has 2 aromatic rings. The van der Waals surface area contributed by atoms with Crippen molar-refractivity contribution >= 4 is 5.91 Å². The Morgan fingerprint density at radius 2 is 1.93 bits per heavy atom. The zero-order valence-corrected chi connectivity index (χ0v) is 17.0. The van der Waals surface area contributed by atoms with Gasteiger partial charge in [-0.25, -0.2) is 4.39 Å². The Labute approximate surface area is 172 Å². The maximum absolute atomic E-state index is 13.7. The molecule has 1 aliphatic heterocycles. The van der Waals surface area contributed by atoms with Crippen LogP contribution in [0.2, 0.25) is 0 Å². The lowest BCUT2D eigenvalue weighted by molar-refractivity contribution is -0.136. The molecule has 1 fully saturated rings. The molecule has 29 heavy (non-hydrogen) atoms. The molecule has 0 N–H and O–H groups in total. The van der Waals surface area contributed by atoms with Crippen molar-refractivity contribution in [2.75, 3.05) is 13.1 Å². The molecule has 0 saturated carbocycles. The number of hydrogen-bond donors (Lipinski definition) is 0. The van der Waals surface area contributed by atoms with Crippen molar-refractivity contribution < 1.29 is 9.18 Å². The third-order valence-electron chi connectivity index (χ3n) is 5.56. The highest BCUT2D eigenvalue weighted by Crippen LogP contribution is 2.20. The van der Waals surface area contributed by atoms with Gasteiger partial charge in [0.2, 0.25) is 5.91 Å². The van der Waals surface area contributed by atoms with Crippen LogP contribution in [-0.4, -0.2) is 34.8 Å². The lowest BCUT2D eigenvalue weighted by atomic mass is 10.00. The summed E-state index contributed by atoms with van der Waals surface area (Å²) in [7, 11) is 0. The first-order valence-electron chi connectivity index (χ1n) is 10.3. The molecule has 0 aliphatic carbocycles. The van der Waals surface area contributed by atoms with Crippen molar-refractivity contribution in [2.24, 2.45) is 0 Å². The second kappa shape index (κ2) is 10.2. The van der Waals surface area contributed by atoms with Crippen molar-refractivity contribution in [1.29, 1.82) is 5.26 Å². The SMILES string of the molecule is CCC1CCCCN1C(=O)CN(Cc1ccc(C#N)cc1)Cc1cccc(F)c1. The Bertz CT molecular complexity index is 859. The number of carbonyl (C=O) groups excluding carboxylic acids is 1. The van der Waals surface area contributed by atoms with E-state index in [1.54, 1.807) is 18.2 Å². The number of amides is 1. The van der Waals surface area contributed by atoms with Gasteiger partial charge in [-0.1, -0.05) is 31.2 Å². The van der Waals surface area contributed by atoms with Gasteiger partial charge < -0.3 is 4.90 Å². The first kappa shape index (κ1) is 21.0. The third-order valence-corrected chi connectivity index (χ3v) is 5.56. The van der Waals surface area contributed by atoms with E-state index in [-0.39, 0.29) is 11.7 Å². The molecule has 0 radical (unpaired) electrons. The number of benzene rings is 2. The minimum absolute atomic E-state index is 0.140. The standard InChI is InChI=1S/C24H28FN3O/c1-2-23-8-3-4-13-28(23)24(29)18-27(17-21-6-5-7-22(25)14-21)16-20-11-9-19(15-26)10-12-20/h5-7,9-12,14,23H,2-4,8,13,16-18H2,1H3. The fourth-order valence-electron chi connectivity index (χ4n) is 4.04. The smallest absolute Gasteiger partial charge is 0.237 e. The van der Waals surface area contributed by atoms with E-state index in [2.05, 4.69) is 17.9 Å². The van der Waals surface area contributed by atoms with Crippen molar-refractivity contribution in [2.45, 2.75) is 51.7 Å². The van der Waals surface area contributed by atoms with Gasteiger partial charge >= 0.3 is 0 Å². The fraction of sp³-hybridized carbons (Fsp3) is 0.417. The summed E-state index contributed by atoms with van der Waals surface area (Å²) < 4.78 is 13.7. The average Bonchev–Trinajstić information content (AvgIpc) is 2.74. The van der Waals surface area contributed by atoms with Gasteiger partial charge in [-0.05, 0) is 61.1 Å². The van der Waals surface area contributed by atoms with Gasteiger partial charge in [-0.2, -0.15) is 5.26 Å². The van der Waals surface area contributed by atoms with Crippen LogP contribution in [0.25, 0.3) is 0 Å². The normalized spacial score (nSPS) is 16.6. The summed E-state index contributed by atoms with van der Waals surface area (Å²) in [6.07, 6.45) is 4.29. The van der Waals surface area contributed by atoms with Crippen molar-refractivity contribution in [3.8, 4) is 6.07 Å². The van der Waals surface area contributed by atoms with Crippen LogP contribution < -0.4 is 0 Å². The van der Waals surface area contributed by atoms with Gasteiger partial charge in [0.1, 0.15) is 5.82 Å². The number of carbonyl (C=O) groups is 1. The highest BCUT2D eigenvalue weighted by molar-refractivity contribution is 5.78. The van der Waals surface area contributed by atoms with E-state index in [4.69, 9.17) is 5.26 Å². The molecule has 0 spiro atoms. The molecule has 2 aromatic carbocycles. The second-order valence-corrected chi connectivity index (χ2v) is 7.73. The molecule has 1 atom stereocenters. The predicted molar refractivity (Wildman–Crippen MR) is 111 cm³/mol. The monoisotopic (exact) mass is 393 g/mol. The van der Waals surface area contributed by atoms with E-state index in [0.717, 1.165) is 36.9 Å². The summed E-state index contributed by atoms with van der Waals surface area (Å²) in [6, 6.07) is 16.4. The lowest BCUT2D eigenvalue weighted by Gasteiger charge is -2.36. The minimum atomic E-state index is -0.269. The summed E-state index contributed by atoms with van der Waals surface area (Å²) >= 11 is 0. The molecule has 152 valence electrons. The molecule has 3 rings (SSSR count). The fourth-order valence-corrected chi connectivity index (χ4v) is 4.04. The topological polar surface area (TPSA) is 47.3 Å². The Kier molecular flexibility index (Phi) is 7.37. The number of likely N-dealkylation sites (tertiary alicyclic amines) is 1. The molecule has 5 heteroatoms. The summed E-state index contributed by atoms with van der Waals surface area (Å²) in [6.45, 7) is 4.32. The number of halogens is 1. The average molecular weight is 394 g/mol. The van der Waals surface area contributed by atoms with Gasteiger partial charge in [-0.15, -0.1) is 0 Å². The van der Waals surface area contributed by atoms with Gasteiger partial charge in [0.05, 0.1) is 18.2 Å². The van der Waals surface area contributed by atoms with Crippen molar-refractivity contribution in [3.63, 3.8) is 0 Å². The van der Waals surface area contributed by atoms with Crippen LogP contribution in [0.5, 0.6) is 0 Å². The molecule has 0 bridgehead atoms. The van der Waals surface area contributed by atoms with E-state index in [0.29, 0.717) is 31.2 Å². The summed E-state index contributed by atoms with van der Waals surface area (Å²) in [5.74, 6) is -0.129. The Morgan fingerprint density at radius 3 is 2.62 bits per heavy atom. The molecule has 4 nitrogen and oxygen atoms in total. The highest BCUT2D eigenvalue weighted by Gasteiger charge is 2.26. The third kappa shape index (κ3) is 5.88. The first-order chi connectivity index (χ1) is 14.1. The quantitative estimate of drug-likeness (QED) is 0.696. The second-order valence-electron chi connectivity index (χ2n) is 7.73.